The smallest absolute Gasteiger partial charge is 0.408 e. The van der Waals surface area contributed by atoms with Crippen molar-refractivity contribution in [1.29, 1.82) is 0 Å². The molecular weight excluding hydrogens is 286 g/mol. The second kappa shape index (κ2) is 6.68. The fourth-order valence-electron chi connectivity index (χ4n) is 1.79. The minimum atomic E-state index is -1.29. The highest BCUT2D eigenvalue weighted by molar-refractivity contribution is 5.78. The predicted octanol–water partition coefficient (Wildman–Crippen LogP) is 2.73. The molecular formula is C16H23NO5. The molecule has 0 radical (unpaired) electrons. The third kappa shape index (κ3) is 4.65. The Morgan fingerprint density at radius 2 is 1.95 bits per heavy atom. The molecule has 0 heterocycles. The second-order valence-electron chi connectivity index (χ2n) is 6.06. The molecule has 2 N–H and O–H groups in total. The normalized spacial score (nSPS) is 13.9. The Balaban J connectivity index is 3.05. The first-order chi connectivity index (χ1) is 10.1. The predicted molar refractivity (Wildman–Crippen MR) is 82.1 cm³/mol. The third-order valence-corrected chi connectivity index (χ3v) is 2.86. The Bertz CT molecular complexity index is 550. The number of benzene rings is 1. The van der Waals surface area contributed by atoms with Crippen LogP contribution in [0.5, 0.6) is 11.5 Å². The first-order valence-electron chi connectivity index (χ1n) is 7.05. The number of nitrogens with one attached hydrogen (secondary N) is 1. The molecule has 1 amide bonds. The van der Waals surface area contributed by atoms with Crippen LogP contribution in [0.1, 0.15) is 40.2 Å². The summed E-state index contributed by atoms with van der Waals surface area (Å²) >= 11 is 0. The molecule has 0 aliphatic rings. The Labute approximate surface area is 130 Å². The van der Waals surface area contributed by atoms with Crippen LogP contribution in [0.2, 0.25) is 0 Å². The summed E-state index contributed by atoms with van der Waals surface area (Å²) in [4.78, 5) is 23.4. The molecule has 0 spiro atoms. The van der Waals surface area contributed by atoms with Crippen molar-refractivity contribution in [3.05, 3.63) is 23.8 Å². The SMILES string of the molecule is CCOc1cc(C(C)(C=O)NC(=O)OC(C)(C)C)ccc1O. The molecule has 6 heteroatoms. The van der Waals surface area contributed by atoms with Crippen LogP contribution in [-0.2, 0) is 15.1 Å². The lowest BCUT2D eigenvalue weighted by Gasteiger charge is -2.28. The van der Waals surface area contributed by atoms with Crippen molar-refractivity contribution in [2.24, 2.45) is 0 Å². The van der Waals surface area contributed by atoms with Crippen molar-refractivity contribution in [1.82, 2.24) is 5.32 Å². The van der Waals surface area contributed by atoms with Gasteiger partial charge in [0.25, 0.3) is 0 Å². The van der Waals surface area contributed by atoms with Gasteiger partial charge in [-0.1, -0.05) is 6.07 Å². The largest absolute Gasteiger partial charge is 0.504 e. The fraction of sp³-hybridized carbons (Fsp3) is 0.500. The number of hydrogen-bond donors (Lipinski definition) is 2. The Morgan fingerprint density at radius 1 is 1.32 bits per heavy atom. The number of rotatable bonds is 5. The van der Waals surface area contributed by atoms with Crippen LogP contribution in [0.15, 0.2) is 18.2 Å². The number of aromatic hydroxyl groups is 1. The number of phenolic OH excluding ortho intramolecular Hbond substituents is 1. The maximum absolute atomic E-state index is 11.9. The zero-order valence-electron chi connectivity index (χ0n) is 13.6. The molecule has 0 fully saturated rings. The number of carbonyl (C=O) groups excluding carboxylic acids is 2. The summed E-state index contributed by atoms with van der Waals surface area (Å²) < 4.78 is 10.5. The molecule has 1 atom stereocenters. The first kappa shape index (κ1) is 17.8. The van der Waals surface area contributed by atoms with E-state index in [0.717, 1.165) is 0 Å². The topological polar surface area (TPSA) is 84.9 Å². The van der Waals surface area contributed by atoms with Gasteiger partial charge < -0.3 is 24.7 Å². The van der Waals surface area contributed by atoms with Gasteiger partial charge >= 0.3 is 6.09 Å². The lowest BCUT2D eigenvalue weighted by atomic mass is 9.93. The minimum absolute atomic E-state index is 0.0314. The summed E-state index contributed by atoms with van der Waals surface area (Å²) in [5.41, 5.74) is -1.48. The molecule has 0 saturated carbocycles. The van der Waals surface area contributed by atoms with Crippen molar-refractivity contribution < 1.29 is 24.2 Å². The van der Waals surface area contributed by atoms with Crippen molar-refractivity contribution in [3.8, 4) is 11.5 Å². The summed E-state index contributed by atoms with van der Waals surface area (Å²) in [6.45, 7) is 8.90. The molecule has 1 aromatic carbocycles. The summed E-state index contributed by atoms with van der Waals surface area (Å²) in [6, 6.07) is 4.48. The Kier molecular flexibility index (Phi) is 5.41. The minimum Gasteiger partial charge on any atom is -0.504 e. The van der Waals surface area contributed by atoms with Crippen molar-refractivity contribution in [3.63, 3.8) is 0 Å². The van der Waals surface area contributed by atoms with E-state index in [9.17, 15) is 14.7 Å². The standard InChI is InChI=1S/C16H23NO5/c1-6-21-13-9-11(7-8-12(13)19)16(5,10-18)17-14(20)22-15(2,3)4/h7-10,19H,6H2,1-5H3,(H,17,20). The van der Waals surface area contributed by atoms with Gasteiger partial charge in [0.15, 0.2) is 11.5 Å². The number of amides is 1. The molecule has 0 aromatic heterocycles. The Hall–Kier alpha value is -2.24. The van der Waals surface area contributed by atoms with Crippen LogP contribution in [0, 0.1) is 0 Å². The van der Waals surface area contributed by atoms with Crippen LogP contribution in [0.3, 0.4) is 0 Å². The highest BCUT2D eigenvalue weighted by atomic mass is 16.6. The monoisotopic (exact) mass is 309 g/mol. The zero-order chi connectivity index (χ0) is 17.0. The van der Waals surface area contributed by atoms with E-state index in [1.807, 2.05) is 0 Å². The highest BCUT2D eigenvalue weighted by Gasteiger charge is 2.31. The molecule has 0 bridgehead atoms. The third-order valence-electron chi connectivity index (χ3n) is 2.86. The molecule has 1 rings (SSSR count). The van der Waals surface area contributed by atoms with Crippen LogP contribution in [0.25, 0.3) is 0 Å². The van der Waals surface area contributed by atoms with Gasteiger partial charge in [0.05, 0.1) is 6.61 Å². The van der Waals surface area contributed by atoms with E-state index in [0.29, 0.717) is 18.5 Å². The van der Waals surface area contributed by atoms with Gasteiger partial charge in [-0.3, -0.25) is 0 Å². The van der Waals surface area contributed by atoms with Crippen LogP contribution < -0.4 is 10.1 Å². The van der Waals surface area contributed by atoms with Crippen molar-refractivity contribution in [2.45, 2.75) is 45.8 Å². The van der Waals surface area contributed by atoms with E-state index in [-0.39, 0.29) is 11.5 Å². The van der Waals surface area contributed by atoms with Gasteiger partial charge in [0, 0.05) is 0 Å². The van der Waals surface area contributed by atoms with Crippen LogP contribution in [0.4, 0.5) is 4.79 Å². The van der Waals surface area contributed by atoms with Crippen molar-refractivity contribution >= 4 is 12.4 Å². The highest BCUT2D eigenvalue weighted by Crippen LogP contribution is 2.31. The van der Waals surface area contributed by atoms with Crippen molar-refractivity contribution in [2.75, 3.05) is 6.61 Å². The van der Waals surface area contributed by atoms with Gasteiger partial charge in [-0.05, 0) is 52.3 Å². The average Bonchev–Trinajstić information content (AvgIpc) is 2.39. The number of alkyl carbamates (subject to hydrolysis) is 1. The quantitative estimate of drug-likeness (QED) is 0.817. The molecule has 6 nitrogen and oxygen atoms in total. The lowest BCUT2D eigenvalue weighted by Crippen LogP contribution is -2.46. The first-order valence-corrected chi connectivity index (χ1v) is 7.05. The summed E-state index contributed by atoms with van der Waals surface area (Å²) in [6.07, 6.45) is -0.0907. The fourth-order valence-corrected chi connectivity index (χ4v) is 1.79. The lowest BCUT2D eigenvalue weighted by molar-refractivity contribution is -0.113. The van der Waals surface area contributed by atoms with Crippen LogP contribution in [-0.4, -0.2) is 29.7 Å². The van der Waals surface area contributed by atoms with E-state index in [1.54, 1.807) is 40.7 Å². The molecule has 0 aliphatic heterocycles. The van der Waals surface area contributed by atoms with Crippen LogP contribution >= 0.6 is 0 Å². The summed E-state index contributed by atoms with van der Waals surface area (Å²) in [7, 11) is 0. The van der Waals surface area contributed by atoms with E-state index >= 15 is 0 Å². The number of hydrogen-bond acceptors (Lipinski definition) is 5. The van der Waals surface area contributed by atoms with Gasteiger partial charge in [0.1, 0.15) is 17.4 Å². The molecule has 1 unspecified atom stereocenters. The molecule has 122 valence electrons. The van der Waals surface area contributed by atoms with Gasteiger partial charge in [-0.2, -0.15) is 0 Å². The van der Waals surface area contributed by atoms with Gasteiger partial charge in [-0.25, -0.2) is 4.79 Å². The number of carbonyl (C=O) groups is 2. The number of aldehydes is 1. The maximum atomic E-state index is 11.9. The van der Waals surface area contributed by atoms with E-state index in [4.69, 9.17) is 9.47 Å². The van der Waals surface area contributed by atoms with E-state index in [1.165, 1.54) is 12.1 Å². The Morgan fingerprint density at radius 3 is 2.45 bits per heavy atom. The number of ether oxygens (including phenoxy) is 2. The second-order valence-corrected chi connectivity index (χ2v) is 6.06. The number of phenols is 1. The molecule has 1 aromatic rings. The summed E-state index contributed by atoms with van der Waals surface area (Å²) in [5, 5.41) is 12.3. The molecule has 22 heavy (non-hydrogen) atoms. The van der Waals surface area contributed by atoms with E-state index < -0.39 is 17.2 Å². The average molecular weight is 309 g/mol. The summed E-state index contributed by atoms with van der Waals surface area (Å²) in [5.74, 6) is 0.218. The molecule has 0 saturated heterocycles. The van der Waals surface area contributed by atoms with Gasteiger partial charge in [0.2, 0.25) is 0 Å². The van der Waals surface area contributed by atoms with E-state index in [2.05, 4.69) is 5.32 Å². The van der Waals surface area contributed by atoms with Gasteiger partial charge in [-0.15, -0.1) is 0 Å². The molecule has 0 aliphatic carbocycles. The maximum Gasteiger partial charge on any atom is 0.408 e. The zero-order valence-corrected chi connectivity index (χ0v) is 13.6.